The number of carbonyl (C=O) groups is 1. The van der Waals surface area contributed by atoms with Gasteiger partial charge in [0, 0.05) is 11.6 Å². The SMILES string of the molecule is C=C1Oc2cc(OC)cc(COP=O)c2NC1=O. The second-order valence-corrected chi connectivity index (χ2v) is 3.89. The molecule has 0 unspecified atom stereocenters. The lowest BCUT2D eigenvalue weighted by Gasteiger charge is -2.22. The molecule has 1 aliphatic rings. The Hall–Kier alpha value is -1.91. The molecule has 1 heterocycles. The van der Waals surface area contributed by atoms with Gasteiger partial charge >= 0.3 is 8.69 Å². The van der Waals surface area contributed by atoms with E-state index in [1.165, 1.54) is 7.11 Å². The highest BCUT2D eigenvalue weighted by molar-refractivity contribution is 7.17. The molecule has 1 aliphatic heterocycles. The number of rotatable bonds is 4. The maximum atomic E-state index is 11.5. The minimum absolute atomic E-state index is 0.00423. The Morgan fingerprint density at radius 3 is 2.94 bits per heavy atom. The minimum atomic E-state index is -0.439. The molecule has 0 aromatic heterocycles. The van der Waals surface area contributed by atoms with Gasteiger partial charge in [0.05, 0.1) is 19.4 Å². The molecule has 0 saturated heterocycles. The smallest absolute Gasteiger partial charge is 0.327 e. The standard InChI is InChI=1S/C11H10NO5P/c1-6-11(13)12-10-7(5-16-18-14)3-8(15-2)4-9(10)17-6/h3-4H,1,5H2,2H3,(H,12,13). The molecule has 0 fully saturated rings. The summed E-state index contributed by atoms with van der Waals surface area (Å²) >= 11 is 0. The summed E-state index contributed by atoms with van der Waals surface area (Å²) in [6, 6.07) is 3.29. The monoisotopic (exact) mass is 267 g/mol. The number of hydrogen-bond acceptors (Lipinski definition) is 5. The summed E-state index contributed by atoms with van der Waals surface area (Å²) in [4.78, 5) is 11.5. The third-order valence-electron chi connectivity index (χ3n) is 2.39. The molecule has 18 heavy (non-hydrogen) atoms. The van der Waals surface area contributed by atoms with Gasteiger partial charge in [-0.1, -0.05) is 6.58 Å². The molecular weight excluding hydrogens is 257 g/mol. The minimum Gasteiger partial charge on any atom is -0.497 e. The first-order valence-corrected chi connectivity index (χ1v) is 5.72. The molecule has 0 radical (unpaired) electrons. The fraction of sp³-hybridized carbons (Fsp3) is 0.182. The Morgan fingerprint density at radius 1 is 1.50 bits per heavy atom. The summed E-state index contributed by atoms with van der Waals surface area (Å²) < 4.78 is 25.5. The second kappa shape index (κ2) is 5.16. The normalized spacial score (nSPS) is 13.8. The van der Waals surface area contributed by atoms with E-state index in [4.69, 9.17) is 14.0 Å². The highest BCUT2D eigenvalue weighted by Gasteiger charge is 2.24. The number of amides is 1. The van der Waals surface area contributed by atoms with Crippen molar-refractivity contribution in [2.24, 2.45) is 0 Å². The van der Waals surface area contributed by atoms with Crippen LogP contribution >= 0.6 is 8.69 Å². The van der Waals surface area contributed by atoms with E-state index in [0.29, 0.717) is 22.7 Å². The van der Waals surface area contributed by atoms with Crippen molar-refractivity contribution >= 4 is 20.3 Å². The molecule has 6 nitrogen and oxygen atoms in total. The molecule has 0 saturated carbocycles. The molecule has 0 bridgehead atoms. The Bertz CT molecular complexity index is 528. The fourth-order valence-corrected chi connectivity index (χ4v) is 1.75. The second-order valence-electron chi connectivity index (χ2n) is 3.49. The van der Waals surface area contributed by atoms with E-state index in [-0.39, 0.29) is 12.4 Å². The average Bonchev–Trinajstić information content (AvgIpc) is 2.37. The van der Waals surface area contributed by atoms with Gasteiger partial charge in [-0.25, -0.2) is 4.57 Å². The van der Waals surface area contributed by atoms with Crippen LogP contribution in [0.4, 0.5) is 5.69 Å². The van der Waals surface area contributed by atoms with Crippen molar-refractivity contribution in [3.05, 3.63) is 30.0 Å². The number of nitrogens with one attached hydrogen (secondary N) is 1. The van der Waals surface area contributed by atoms with Crippen molar-refractivity contribution < 1.29 is 23.4 Å². The van der Waals surface area contributed by atoms with Gasteiger partial charge in [-0.15, -0.1) is 0 Å². The first kappa shape index (κ1) is 12.5. The molecule has 0 aliphatic carbocycles. The van der Waals surface area contributed by atoms with Crippen molar-refractivity contribution in [3.8, 4) is 11.5 Å². The number of fused-ring (bicyclic) bond motifs is 1. The van der Waals surface area contributed by atoms with Crippen LogP contribution in [0.3, 0.4) is 0 Å². The van der Waals surface area contributed by atoms with Crippen LogP contribution < -0.4 is 14.8 Å². The first-order chi connectivity index (χ1) is 8.65. The van der Waals surface area contributed by atoms with E-state index in [1.807, 2.05) is 0 Å². The van der Waals surface area contributed by atoms with Crippen molar-refractivity contribution in [2.75, 3.05) is 12.4 Å². The van der Waals surface area contributed by atoms with Gasteiger partial charge < -0.3 is 14.8 Å². The number of methoxy groups -OCH3 is 1. The molecule has 1 aromatic rings. The molecule has 1 N–H and O–H groups in total. The zero-order valence-electron chi connectivity index (χ0n) is 9.56. The molecule has 0 atom stereocenters. The first-order valence-electron chi connectivity index (χ1n) is 4.99. The summed E-state index contributed by atoms with van der Waals surface area (Å²) in [6.45, 7) is 3.54. The van der Waals surface area contributed by atoms with E-state index in [2.05, 4.69) is 11.9 Å². The predicted octanol–water partition coefficient (Wildman–Crippen LogP) is 2.26. The van der Waals surface area contributed by atoms with Crippen molar-refractivity contribution in [2.45, 2.75) is 6.61 Å². The van der Waals surface area contributed by atoms with Gasteiger partial charge in [-0.2, -0.15) is 0 Å². The number of benzene rings is 1. The Balaban J connectivity index is 2.45. The molecule has 1 aromatic carbocycles. The van der Waals surface area contributed by atoms with Crippen LogP contribution in [0.1, 0.15) is 5.56 Å². The number of hydrogen-bond donors (Lipinski definition) is 1. The molecule has 94 valence electrons. The van der Waals surface area contributed by atoms with Crippen LogP contribution in [0.5, 0.6) is 11.5 Å². The van der Waals surface area contributed by atoms with Crippen LogP contribution in [0, 0.1) is 0 Å². The molecule has 7 heteroatoms. The van der Waals surface area contributed by atoms with Gasteiger partial charge in [0.2, 0.25) is 0 Å². The molecule has 2 rings (SSSR count). The van der Waals surface area contributed by atoms with Crippen molar-refractivity contribution in [3.63, 3.8) is 0 Å². The van der Waals surface area contributed by atoms with Crippen molar-refractivity contribution in [1.29, 1.82) is 0 Å². The van der Waals surface area contributed by atoms with E-state index < -0.39 is 14.6 Å². The van der Waals surface area contributed by atoms with E-state index in [0.717, 1.165) is 0 Å². The predicted molar refractivity (Wildman–Crippen MR) is 63.8 cm³/mol. The van der Waals surface area contributed by atoms with Crippen LogP contribution in [0.2, 0.25) is 0 Å². The van der Waals surface area contributed by atoms with Gasteiger partial charge in [0.1, 0.15) is 5.75 Å². The number of anilines is 1. The van der Waals surface area contributed by atoms with Gasteiger partial charge in [-0.05, 0) is 6.07 Å². The maximum absolute atomic E-state index is 11.5. The van der Waals surface area contributed by atoms with Crippen LogP contribution in [0.15, 0.2) is 24.5 Å². The van der Waals surface area contributed by atoms with Gasteiger partial charge in [0.15, 0.2) is 11.5 Å². The van der Waals surface area contributed by atoms with E-state index in [1.54, 1.807) is 12.1 Å². The molecule has 0 spiro atoms. The summed E-state index contributed by atoms with van der Waals surface area (Å²) in [5.74, 6) is 0.539. The Labute approximate surface area is 105 Å². The summed E-state index contributed by atoms with van der Waals surface area (Å²) in [5, 5.41) is 2.63. The largest absolute Gasteiger partial charge is 0.497 e. The van der Waals surface area contributed by atoms with Crippen molar-refractivity contribution in [1.82, 2.24) is 0 Å². The topological polar surface area (TPSA) is 73.9 Å². The lowest BCUT2D eigenvalue weighted by Crippen LogP contribution is -2.23. The summed E-state index contributed by atoms with van der Waals surface area (Å²) in [7, 11) is 1.07. The Morgan fingerprint density at radius 2 is 2.28 bits per heavy atom. The summed E-state index contributed by atoms with van der Waals surface area (Å²) in [5.41, 5.74) is 1.07. The average molecular weight is 267 g/mol. The third kappa shape index (κ3) is 2.34. The fourth-order valence-electron chi connectivity index (χ4n) is 1.56. The van der Waals surface area contributed by atoms with E-state index in [9.17, 15) is 9.36 Å². The lowest BCUT2D eigenvalue weighted by atomic mass is 10.1. The van der Waals surface area contributed by atoms with Gasteiger partial charge in [0.25, 0.3) is 5.91 Å². The zero-order chi connectivity index (χ0) is 13.1. The van der Waals surface area contributed by atoms with Crippen LogP contribution in [-0.4, -0.2) is 13.0 Å². The lowest BCUT2D eigenvalue weighted by molar-refractivity contribution is -0.115. The number of ether oxygens (including phenoxy) is 2. The van der Waals surface area contributed by atoms with E-state index >= 15 is 0 Å². The Kier molecular flexibility index (Phi) is 3.60. The highest BCUT2D eigenvalue weighted by atomic mass is 31.1. The van der Waals surface area contributed by atoms with Crippen LogP contribution in [-0.2, 0) is 20.5 Å². The molecular formula is C11H10NO5P. The third-order valence-corrected chi connectivity index (χ3v) is 2.63. The molecule has 1 amide bonds. The van der Waals surface area contributed by atoms with Gasteiger partial charge in [-0.3, -0.25) is 9.32 Å². The zero-order valence-corrected chi connectivity index (χ0v) is 10.5. The van der Waals surface area contributed by atoms with Crippen LogP contribution in [0.25, 0.3) is 0 Å². The maximum Gasteiger partial charge on any atom is 0.327 e. The quantitative estimate of drug-likeness (QED) is 0.669. The highest BCUT2D eigenvalue weighted by Crippen LogP contribution is 2.38. The summed E-state index contributed by atoms with van der Waals surface area (Å²) in [6.07, 6.45) is 0. The number of carbonyl (C=O) groups excluding carboxylic acids is 1.